The number of ether oxygens (including phenoxy) is 2. The third kappa shape index (κ3) is 2.96. The maximum Gasteiger partial charge on any atom is 0.259 e. The molecule has 0 saturated heterocycles. The Hall–Kier alpha value is -2.57. The lowest BCUT2D eigenvalue weighted by Crippen LogP contribution is -2.30. The van der Waals surface area contributed by atoms with Gasteiger partial charge in [0.25, 0.3) is 5.91 Å². The normalized spacial score (nSPS) is 11.8. The summed E-state index contributed by atoms with van der Waals surface area (Å²) < 4.78 is 15.0. The summed E-state index contributed by atoms with van der Waals surface area (Å²) in [6.45, 7) is 1.86. The number of carbonyl (C=O) groups excluding carboxylic acids is 1. The highest BCUT2D eigenvalue weighted by Crippen LogP contribution is 2.24. The van der Waals surface area contributed by atoms with Gasteiger partial charge >= 0.3 is 0 Å². The standard InChI is InChI=1S/C14H17N3O4/c1-9(11-7-8-21-16-11)17(2)14(18)10-5-6-12(19-3)15-13(10)20-4/h5-9H,1-4H3. The van der Waals surface area contributed by atoms with Crippen molar-refractivity contribution in [2.24, 2.45) is 0 Å². The Labute approximate surface area is 122 Å². The van der Waals surface area contributed by atoms with E-state index in [1.165, 1.54) is 20.5 Å². The third-order valence-electron chi connectivity index (χ3n) is 3.25. The number of nitrogens with zero attached hydrogens (tertiary/aromatic N) is 3. The lowest BCUT2D eigenvalue weighted by atomic mass is 10.1. The molecular weight excluding hydrogens is 274 g/mol. The molecule has 0 aliphatic carbocycles. The third-order valence-corrected chi connectivity index (χ3v) is 3.25. The van der Waals surface area contributed by atoms with E-state index in [-0.39, 0.29) is 17.8 Å². The van der Waals surface area contributed by atoms with E-state index in [4.69, 9.17) is 14.0 Å². The van der Waals surface area contributed by atoms with Crippen LogP contribution in [0.5, 0.6) is 11.8 Å². The van der Waals surface area contributed by atoms with Gasteiger partial charge in [0.1, 0.15) is 17.5 Å². The second-order valence-corrected chi connectivity index (χ2v) is 4.43. The molecule has 0 aromatic carbocycles. The van der Waals surface area contributed by atoms with Gasteiger partial charge in [-0.2, -0.15) is 4.98 Å². The van der Waals surface area contributed by atoms with Crippen molar-refractivity contribution in [2.75, 3.05) is 21.3 Å². The average Bonchev–Trinajstić information content (AvgIpc) is 3.06. The summed E-state index contributed by atoms with van der Waals surface area (Å²) in [5.74, 6) is 0.381. The van der Waals surface area contributed by atoms with Gasteiger partial charge in [-0.15, -0.1) is 0 Å². The van der Waals surface area contributed by atoms with E-state index in [1.54, 1.807) is 30.1 Å². The summed E-state index contributed by atoms with van der Waals surface area (Å²) in [7, 11) is 4.65. The van der Waals surface area contributed by atoms with E-state index < -0.39 is 0 Å². The van der Waals surface area contributed by atoms with Gasteiger partial charge in [-0.3, -0.25) is 4.79 Å². The molecule has 0 spiro atoms. The van der Waals surface area contributed by atoms with Crippen LogP contribution in [0.2, 0.25) is 0 Å². The zero-order valence-electron chi connectivity index (χ0n) is 12.4. The van der Waals surface area contributed by atoms with Crippen LogP contribution in [0.4, 0.5) is 0 Å². The summed E-state index contributed by atoms with van der Waals surface area (Å²) in [5.41, 5.74) is 1.03. The molecule has 112 valence electrons. The fourth-order valence-electron chi connectivity index (χ4n) is 1.86. The Morgan fingerprint density at radius 3 is 2.62 bits per heavy atom. The molecule has 2 rings (SSSR count). The molecule has 1 unspecified atom stereocenters. The number of rotatable bonds is 5. The molecular formula is C14H17N3O4. The van der Waals surface area contributed by atoms with Crippen LogP contribution >= 0.6 is 0 Å². The minimum atomic E-state index is -0.233. The number of hydrogen-bond donors (Lipinski definition) is 0. The zero-order valence-corrected chi connectivity index (χ0v) is 12.4. The van der Waals surface area contributed by atoms with Crippen LogP contribution in [0.1, 0.15) is 29.0 Å². The molecule has 2 heterocycles. The Balaban J connectivity index is 2.27. The highest BCUT2D eigenvalue weighted by Gasteiger charge is 2.24. The molecule has 2 aromatic rings. The summed E-state index contributed by atoms with van der Waals surface area (Å²) in [6.07, 6.45) is 1.47. The molecule has 0 aliphatic heterocycles. The van der Waals surface area contributed by atoms with Gasteiger partial charge in [0.2, 0.25) is 11.8 Å². The van der Waals surface area contributed by atoms with Crippen molar-refractivity contribution in [3.05, 3.63) is 35.7 Å². The van der Waals surface area contributed by atoms with Crippen molar-refractivity contribution >= 4 is 5.91 Å². The number of amides is 1. The molecule has 0 bridgehead atoms. The SMILES string of the molecule is COc1ccc(C(=O)N(C)C(C)c2ccon2)c(OC)n1. The van der Waals surface area contributed by atoms with Gasteiger partial charge < -0.3 is 18.9 Å². The molecule has 0 fully saturated rings. The predicted octanol–water partition coefficient (Wildman–Crippen LogP) is 1.92. The molecule has 7 heteroatoms. The van der Waals surface area contributed by atoms with Crippen molar-refractivity contribution < 1.29 is 18.8 Å². The molecule has 1 amide bonds. The largest absolute Gasteiger partial charge is 0.481 e. The van der Waals surface area contributed by atoms with Gasteiger partial charge in [0.15, 0.2) is 0 Å². The van der Waals surface area contributed by atoms with Crippen LogP contribution in [-0.4, -0.2) is 42.2 Å². The number of carbonyl (C=O) groups is 1. The summed E-state index contributed by atoms with van der Waals surface area (Å²) >= 11 is 0. The zero-order chi connectivity index (χ0) is 15.4. The number of methoxy groups -OCH3 is 2. The van der Waals surface area contributed by atoms with Crippen LogP contribution in [0, 0.1) is 0 Å². The second-order valence-electron chi connectivity index (χ2n) is 4.43. The van der Waals surface area contributed by atoms with Crippen LogP contribution < -0.4 is 9.47 Å². The minimum Gasteiger partial charge on any atom is -0.481 e. The van der Waals surface area contributed by atoms with Gasteiger partial charge in [0.05, 0.1) is 20.3 Å². The predicted molar refractivity (Wildman–Crippen MR) is 74.4 cm³/mol. The van der Waals surface area contributed by atoms with E-state index in [2.05, 4.69) is 10.1 Å². The van der Waals surface area contributed by atoms with Crippen molar-refractivity contribution in [1.29, 1.82) is 0 Å². The van der Waals surface area contributed by atoms with E-state index in [9.17, 15) is 4.79 Å². The van der Waals surface area contributed by atoms with Crippen LogP contribution in [0.15, 0.2) is 29.0 Å². The summed E-state index contributed by atoms with van der Waals surface area (Å²) in [4.78, 5) is 18.2. The molecule has 2 aromatic heterocycles. The van der Waals surface area contributed by atoms with Crippen molar-refractivity contribution in [2.45, 2.75) is 13.0 Å². The first-order valence-electron chi connectivity index (χ1n) is 6.35. The summed E-state index contributed by atoms with van der Waals surface area (Å²) in [6, 6.07) is 4.73. The smallest absolute Gasteiger partial charge is 0.259 e. The number of aromatic nitrogens is 2. The minimum absolute atomic E-state index is 0.221. The number of hydrogen-bond acceptors (Lipinski definition) is 6. The van der Waals surface area contributed by atoms with E-state index in [0.29, 0.717) is 17.1 Å². The highest BCUT2D eigenvalue weighted by atomic mass is 16.5. The molecule has 21 heavy (non-hydrogen) atoms. The first-order chi connectivity index (χ1) is 10.1. The van der Waals surface area contributed by atoms with Crippen molar-refractivity contribution in [3.63, 3.8) is 0 Å². The van der Waals surface area contributed by atoms with E-state index in [0.717, 1.165) is 0 Å². The Morgan fingerprint density at radius 2 is 2.05 bits per heavy atom. The lowest BCUT2D eigenvalue weighted by Gasteiger charge is -2.23. The second kappa shape index (κ2) is 6.25. The molecule has 0 aliphatic rings. The molecule has 0 radical (unpaired) electrons. The Kier molecular flexibility index (Phi) is 4.42. The Morgan fingerprint density at radius 1 is 1.29 bits per heavy atom. The van der Waals surface area contributed by atoms with Gasteiger partial charge in [-0.25, -0.2) is 0 Å². The summed E-state index contributed by atoms with van der Waals surface area (Å²) in [5, 5.41) is 3.85. The lowest BCUT2D eigenvalue weighted by molar-refractivity contribution is 0.0733. The topological polar surface area (TPSA) is 77.7 Å². The maximum absolute atomic E-state index is 12.6. The molecule has 0 saturated carbocycles. The molecule has 7 nitrogen and oxygen atoms in total. The van der Waals surface area contributed by atoms with Crippen LogP contribution in [0.3, 0.4) is 0 Å². The quantitative estimate of drug-likeness (QED) is 0.837. The van der Waals surface area contributed by atoms with E-state index >= 15 is 0 Å². The maximum atomic E-state index is 12.6. The molecule has 1 atom stereocenters. The fraction of sp³-hybridized carbons (Fsp3) is 0.357. The van der Waals surface area contributed by atoms with Gasteiger partial charge in [-0.05, 0) is 13.0 Å². The van der Waals surface area contributed by atoms with Crippen molar-refractivity contribution in [1.82, 2.24) is 15.0 Å². The van der Waals surface area contributed by atoms with Crippen LogP contribution in [0.25, 0.3) is 0 Å². The average molecular weight is 291 g/mol. The number of pyridine rings is 1. The van der Waals surface area contributed by atoms with Crippen LogP contribution in [-0.2, 0) is 0 Å². The van der Waals surface area contributed by atoms with E-state index in [1.807, 2.05) is 6.92 Å². The first-order valence-corrected chi connectivity index (χ1v) is 6.35. The molecule has 0 N–H and O–H groups in total. The Bertz CT molecular complexity index is 613. The first kappa shape index (κ1) is 14.8. The van der Waals surface area contributed by atoms with Crippen molar-refractivity contribution in [3.8, 4) is 11.8 Å². The van der Waals surface area contributed by atoms with Gasteiger partial charge in [-0.1, -0.05) is 5.16 Å². The highest BCUT2D eigenvalue weighted by molar-refractivity contribution is 5.96. The van der Waals surface area contributed by atoms with Gasteiger partial charge in [0, 0.05) is 19.2 Å². The monoisotopic (exact) mass is 291 g/mol. The fourth-order valence-corrected chi connectivity index (χ4v) is 1.86.